The zero-order valence-electron chi connectivity index (χ0n) is 11.7. The maximum atomic E-state index is 11.6. The summed E-state index contributed by atoms with van der Waals surface area (Å²) < 4.78 is 0. The van der Waals surface area contributed by atoms with Crippen molar-refractivity contribution in [3.8, 4) is 0 Å². The van der Waals surface area contributed by atoms with E-state index >= 15 is 0 Å². The van der Waals surface area contributed by atoms with Crippen molar-refractivity contribution in [1.29, 1.82) is 0 Å². The molecule has 0 bridgehead atoms. The Morgan fingerprint density at radius 1 is 1.32 bits per heavy atom. The van der Waals surface area contributed by atoms with Gasteiger partial charge in [-0.3, -0.25) is 4.79 Å². The van der Waals surface area contributed by atoms with Crippen molar-refractivity contribution in [2.75, 3.05) is 0 Å². The third-order valence-electron chi connectivity index (χ3n) is 3.00. The van der Waals surface area contributed by atoms with Gasteiger partial charge in [0, 0.05) is 18.5 Å². The molecule has 3 unspecified atom stereocenters. The Hall–Kier alpha value is -1.39. The Morgan fingerprint density at radius 3 is 2.53 bits per heavy atom. The summed E-state index contributed by atoms with van der Waals surface area (Å²) >= 11 is 0. The number of hydrogen-bond acceptors (Lipinski definition) is 3. The van der Waals surface area contributed by atoms with Crippen LogP contribution in [0, 0.1) is 0 Å². The molecule has 0 heterocycles. The highest BCUT2D eigenvalue weighted by atomic mass is 16.3. The highest BCUT2D eigenvalue weighted by Crippen LogP contribution is 2.17. The topological polar surface area (TPSA) is 75.4 Å². The molecule has 0 radical (unpaired) electrons. The van der Waals surface area contributed by atoms with Crippen LogP contribution in [-0.2, 0) is 4.79 Å². The van der Waals surface area contributed by atoms with E-state index in [9.17, 15) is 9.90 Å². The molecule has 0 saturated carbocycles. The first-order chi connectivity index (χ1) is 8.99. The van der Waals surface area contributed by atoms with E-state index in [1.54, 1.807) is 0 Å². The van der Waals surface area contributed by atoms with E-state index in [0.717, 1.165) is 5.56 Å². The lowest BCUT2D eigenvalue weighted by atomic mass is 10.0. The molecule has 1 aromatic carbocycles. The number of carbonyl (C=O) groups excluding carboxylic acids is 1. The molecule has 4 heteroatoms. The highest BCUT2D eigenvalue weighted by molar-refractivity contribution is 5.76. The van der Waals surface area contributed by atoms with Crippen molar-refractivity contribution >= 4 is 5.91 Å². The largest absolute Gasteiger partial charge is 0.388 e. The van der Waals surface area contributed by atoms with Gasteiger partial charge in [-0.05, 0) is 32.3 Å². The number of carbonyl (C=O) groups is 1. The molecule has 0 aliphatic rings. The maximum Gasteiger partial charge on any atom is 0.220 e. The molecule has 0 spiro atoms. The van der Waals surface area contributed by atoms with Gasteiger partial charge < -0.3 is 16.2 Å². The summed E-state index contributed by atoms with van der Waals surface area (Å²) in [6, 6.07) is 9.45. The SMILES string of the molecule is CC(N)CCC(=O)NC(C)CC(O)c1ccccc1. The van der Waals surface area contributed by atoms with Crippen LogP contribution in [0.1, 0.15) is 44.8 Å². The van der Waals surface area contributed by atoms with Crippen molar-refractivity contribution in [2.24, 2.45) is 5.73 Å². The van der Waals surface area contributed by atoms with E-state index in [0.29, 0.717) is 19.3 Å². The minimum atomic E-state index is -0.551. The Bertz CT molecular complexity index is 379. The van der Waals surface area contributed by atoms with E-state index in [4.69, 9.17) is 5.73 Å². The standard InChI is InChI=1S/C15H24N2O2/c1-11(16)8-9-15(19)17-12(2)10-14(18)13-6-4-3-5-7-13/h3-7,11-12,14,18H,8-10,16H2,1-2H3,(H,17,19). The van der Waals surface area contributed by atoms with Crippen LogP contribution in [0.15, 0.2) is 30.3 Å². The second-order valence-electron chi connectivity index (χ2n) is 5.15. The van der Waals surface area contributed by atoms with Crippen LogP contribution in [0.4, 0.5) is 0 Å². The summed E-state index contributed by atoms with van der Waals surface area (Å²) in [6.07, 6.45) is 1.07. The Kier molecular flexibility index (Phi) is 6.53. The van der Waals surface area contributed by atoms with Crippen molar-refractivity contribution < 1.29 is 9.90 Å². The van der Waals surface area contributed by atoms with Gasteiger partial charge in [-0.25, -0.2) is 0 Å². The lowest BCUT2D eigenvalue weighted by molar-refractivity contribution is -0.122. The molecule has 0 aromatic heterocycles. The average molecular weight is 264 g/mol. The van der Waals surface area contributed by atoms with Gasteiger partial charge in [-0.15, -0.1) is 0 Å². The van der Waals surface area contributed by atoms with Crippen molar-refractivity contribution in [3.63, 3.8) is 0 Å². The van der Waals surface area contributed by atoms with Crippen molar-refractivity contribution in [1.82, 2.24) is 5.32 Å². The molecule has 1 aromatic rings. The molecule has 3 atom stereocenters. The molecule has 1 amide bonds. The first kappa shape index (κ1) is 15.7. The van der Waals surface area contributed by atoms with E-state index in [-0.39, 0.29) is 18.0 Å². The van der Waals surface area contributed by atoms with Crippen molar-refractivity contribution in [2.45, 2.75) is 51.3 Å². The molecular weight excluding hydrogens is 240 g/mol. The molecule has 1 rings (SSSR count). The molecule has 106 valence electrons. The Labute approximate surface area is 115 Å². The number of aliphatic hydroxyl groups is 1. The smallest absolute Gasteiger partial charge is 0.220 e. The number of nitrogens with two attached hydrogens (primary N) is 1. The maximum absolute atomic E-state index is 11.6. The predicted octanol–water partition coefficient (Wildman–Crippen LogP) is 1.74. The van der Waals surface area contributed by atoms with Crippen LogP contribution < -0.4 is 11.1 Å². The van der Waals surface area contributed by atoms with Gasteiger partial charge in [0.05, 0.1) is 6.10 Å². The molecule has 4 N–H and O–H groups in total. The molecular formula is C15H24N2O2. The van der Waals surface area contributed by atoms with Gasteiger partial charge in [-0.1, -0.05) is 30.3 Å². The number of rotatable bonds is 7. The molecule has 0 aliphatic heterocycles. The van der Waals surface area contributed by atoms with E-state index in [2.05, 4.69) is 5.32 Å². The van der Waals surface area contributed by atoms with Crippen LogP contribution in [0.3, 0.4) is 0 Å². The molecule has 4 nitrogen and oxygen atoms in total. The summed E-state index contributed by atoms with van der Waals surface area (Å²) in [7, 11) is 0. The fourth-order valence-electron chi connectivity index (χ4n) is 1.91. The van der Waals surface area contributed by atoms with Gasteiger partial charge in [0.15, 0.2) is 0 Å². The molecule has 0 fully saturated rings. The fraction of sp³-hybridized carbons (Fsp3) is 0.533. The van der Waals surface area contributed by atoms with E-state index < -0.39 is 6.10 Å². The summed E-state index contributed by atoms with van der Waals surface area (Å²) in [4.78, 5) is 11.6. The summed E-state index contributed by atoms with van der Waals surface area (Å²) in [5, 5.41) is 12.9. The Balaban J connectivity index is 2.34. The van der Waals surface area contributed by atoms with Gasteiger partial charge in [0.25, 0.3) is 0 Å². The van der Waals surface area contributed by atoms with E-state index in [1.165, 1.54) is 0 Å². The highest BCUT2D eigenvalue weighted by Gasteiger charge is 2.14. The van der Waals surface area contributed by atoms with E-state index in [1.807, 2.05) is 44.2 Å². The normalized spacial score (nSPS) is 15.6. The van der Waals surface area contributed by atoms with Crippen LogP contribution in [0.5, 0.6) is 0 Å². The first-order valence-electron chi connectivity index (χ1n) is 6.77. The van der Waals surface area contributed by atoms with Crippen molar-refractivity contribution in [3.05, 3.63) is 35.9 Å². The second kappa shape index (κ2) is 7.92. The summed E-state index contributed by atoms with van der Waals surface area (Å²) in [6.45, 7) is 3.78. The van der Waals surface area contributed by atoms with Gasteiger partial charge >= 0.3 is 0 Å². The lowest BCUT2D eigenvalue weighted by Crippen LogP contribution is -2.34. The summed E-state index contributed by atoms with van der Waals surface area (Å²) in [5.41, 5.74) is 6.48. The Morgan fingerprint density at radius 2 is 1.95 bits per heavy atom. The van der Waals surface area contributed by atoms with Crippen LogP contribution in [0.2, 0.25) is 0 Å². The van der Waals surface area contributed by atoms with Crippen LogP contribution in [-0.4, -0.2) is 23.1 Å². The van der Waals surface area contributed by atoms with Crippen LogP contribution >= 0.6 is 0 Å². The molecule has 19 heavy (non-hydrogen) atoms. The quantitative estimate of drug-likeness (QED) is 0.702. The van der Waals surface area contributed by atoms with Gasteiger partial charge in [0.1, 0.15) is 0 Å². The van der Waals surface area contributed by atoms with Gasteiger partial charge in [0.2, 0.25) is 5.91 Å². The van der Waals surface area contributed by atoms with Gasteiger partial charge in [-0.2, -0.15) is 0 Å². The lowest BCUT2D eigenvalue weighted by Gasteiger charge is -2.18. The monoisotopic (exact) mass is 264 g/mol. The average Bonchev–Trinajstić information content (AvgIpc) is 2.37. The molecule has 0 aliphatic carbocycles. The predicted molar refractivity (Wildman–Crippen MR) is 76.5 cm³/mol. The number of aliphatic hydroxyl groups excluding tert-OH is 1. The second-order valence-corrected chi connectivity index (χ2v) is 5.15. The molecule has 0 saturated heterocycles. The fourth-order valence-corrected chi connectivity index (χ4v) is 1.91. The first-order valence-corrected chi connectivity index (χ1v) is 6.77. The number of benzene rings is 1. The third kappa shape index (κ3) is 6.36. The minimum absolute atomic E-state index is 0.00920. The summed E-state index contributed by atoms with van der Waals surface area (Å²) in [5.74, 6) is -0.00920. The number of nitrogens with one attached hydrogen (secondary N) is 1. The number of amides is 1. The number of hydrogen-bond donors (Lipinski definition) is 3. The third-order valence-corrected chi connectivity index (χ3v) is 3.00. The zero-order chi connectivity index (χ0) is 14.3. The minimum Gasteiger partial charge on any atom is -0.388 e. The van der Waals surface area contributed by atoms with Crippen LogP contribution in [0.25, 0.3) is 0 Å². The zero-order valence-corrected chi connectivity index (χ0v) is 11.7.